The Morgan fingerprint density at radius 2 is 1.76 bits per heavy atom. The number of benzene rings is 1. The monoisotopic (exact) mass is 299 g/mol. The van der Waals surface area contributed by atoms with Crippen LogP contribution in [-0.2, 0) is 10.2 Å². The highest BCUT2D eigenvalue weighted by Crippen LogP contribution is 2.20. The Balaban J connectivity index is 3.04. The van der Waals surface area contributed by atoms with Crippen molar-refractivity contribution in [2.45, 2.75) is 4.90 Å². The van der Waals surface area contributed by atoms with Gasteiger partial charge in [0, 0.05) is 30.5 Å². The van der Waals surface area contributed by atoms with Crippen molar-refractivity contribution in [2.75, 3.05) is 29.7 Å². The molecule has 0 unspecified atom stereocenters. The molecular weight excluding hydrogens is 288 g/mol. The molecule has 0 aliphatic heterocycles. The van der Waals surface area contributed by atoms with Crippen molar-refractivity contribution in [3.8, 4) is 0 Å². The second kappa shape index (κ2) is 6.42. The van der Waals surface area contributed by atoms with E-state index in [1.54, 1.807) is 11.0 Å². The minimum absolute atomic E-state index is 0.357. The number of halogens is 3. The van der Waals surface area contributed by atoms with Crippen LogP contribution in [0.1, 0.15) is 0 Å². The molecule has 0 spiro atoms. The van der Waals surface area contributed by atoms with Gasteiger partial charge < -0.3 is 4.90 Å². The van der Waals surface area contributed by atoms with E-state index >= 15 is 0 Å². The van der Waals surface area contributed by atoms with Crippen LogP contribution in [0.25, 0.3) is 0 Å². The van der Waals surface area contributed by atoms with Crippen molar-refractivity contribution < 1.29 is 12.3 Å². The Morgan fingerprint density at radius 3 is 2.24 bits per heavy atom. The number of alkyl halides is 2. The van der Waals surface area contributed by atoms with Crippen molar-refractivity contribution in [3.63, 3.8) is 0 Å². The second-order valence-electron chi connectivity index (χ2n) is 3.30. The van der Waals surface area contributed by atoms with Gasteiger partial charge in [-0.15, -0.1) is 27.1 Å². The Labute approximate surface area is 110 Å². The van der Waals surface area contributed by atoms with Gasteiger partial charge in [-0.1, -0.05) is 6.07 Å². The first-order valence-electron chi connectivity index (χ1n) is 4.90. The smallest absolute Gasteiger partial charge is 0.332 e. The van der Waals surface area contributed by atoms with E-state index in [1.165, 1.54) is 18.2 Å². The van der Waals surface area contributed by atoms with Crippen LogP contribution in [0.3, 0.4) is 0 Å². The second-order valence-corrected chi connectivity index (χ2v) is 5.40. The quantitative estimate of drug-likeness (QED) is 0.598. The maximum Gasteiger partial charge on any atom is 0.332 e. The maximum absolute atomic E-state index is 12.8. The summed E-state index contributed by atoms with van der Waals surface area (Å²) in [7, 11) is -4.68. The molecule has 1 aromatic rings. The molecule has 3 nitrogen and oxygen atoms in total. The van der Waals surface area contributed by atoms with Gasteiger partial charge in [0.05, 0.1) is 0 Å². The Kier molecular flexibility index (Phi) is 5.49. The molecule has 7 heteroatoms. The number of hydrogen-bond donors (Lipinski definition) is 0. The fourth-order valence-corrected chi connectivity index (χ4v) is 2.32. The van der Waals surface area contributed by atoms with E-state index in [4.69, 9.17) is 23.2 Å². The number of anilines is 1. The molecular formula is C10H12Cl2FNO2S. The minimum Gasteiger partial charge on any atom is -0.369 e. The lowest BCUT2D eigenvalue weighted by Gasteiger charge is -2.22. The highest BCUT2D eigenvalue weighted by atomic mass is 35.5. The van der Waals surface area contributed by atoms with Crippen LogP contribution in [-0.4, -0.2) is 33.3 Å². The van der Waals surface area contributed by atoms with E-state index in [9.17, 15) is 12.3 Å². The summed E-state index contributed by atoms with van der Waals surface area (Å²) in [6.45, 7) is 1.04. The first-order chi connectivity index (χ1) is 7.99. The lowest BCUT2D eigenvalue weighted by molar-refractivity contribution is 0.552. The molecule has 0 atom stereocenters. The Hall–Kier alpha value is -0.520. The van der Waals surface area contributed by atoms with E-state index in [1.807, 2.05) is 0 Å². The number of hydrogen-bond acceptors (Lipinski definition) is 3. The molecule has 0 aliphatic carbocycles. The summed E-state index contributed by atoms with van der Waals surface area (Å²) in [5.74, 6) is 0.757. The largest absolute Gasteiger partial charge is 0.369 e. The highest BCUT2D eigenvalue weighted by molar-refractivity contribution is 7.86. The SMILES string of the molecule is O=S(=O)(F)c1cccc(N(CCCl)CCCl)c1. The predicted molar refractivity (Wildman–Crippen MR) is 68.4 cm³/mol. The standard InChI is InChI=1S/C10H12Cl2FNO2S/c11-4-6-14(7-5-12)9-2-1-3-10(8-9)17(13,15)16/h1-3,8H,4-7H2. The van der Waals surface area contributed by atoms with Gasteiger partial charge in [0.15, 0.2) is 0 Å². The first-order valence-corrected chi connectivity index (χ1v) is 7.36. The summed E-state index contributed by atoms with van der Waals surface area (Å²) in [6.07, 6.45) is 0. The lowest BCUT2D eigenvalue weighted by atomic mass is 10.3. The number of rotatable bonds is 6. The fraction of sp³-hybridized carbons (Fsp3) is 0.400. The summed E-state index contributed by atoms with van der Waals surface area (Å²) >= 11 is 11.3. The molecule has 0 saturated heterocycles. The van der Waals surface area contributed by atoms with Gasteiger partial charge in [-0.3, -0.25) is 0 Å². The van der Waals surface area contributed by atoms with E-state index in [0.29, 0.717) is 30.5 Å². The van der Waals surface area contributed by atoms with Crippen LogP contribution in [0.15, 0.2) is 29.2 Å². The van der Waals surface area contributed by atoms with Crippen LogP contribution in [0, 0.1) is 0 Å². The van der Waals surface area contributed by atoms with Gasteiger partial charge in [-0.25, -0.2) is 0 Å². The molecule has 0 radical (unpaired) electrons. The van der Waals surface area contributed by atoms with Gasteiger partial charge in [0.1, 0.15) is 4.90 Å². The maximum atomic E-state index is 12.8. The van der Waals surface area contributed by atoms with Crippen molar-refractivity contribution >= 4 is 39.1 Å². The van der Waals surface area contributed by atoms with Gasteiger partial charge in [-0.05, 0) is 18.2 Å². The molecule has 0 N–H and O–H groups in total. The first kappa shape index (κ1) is 14.5. The van der Waals surface area contributed by atoms with Crippen LogP contribution in [0.2, 0.25) is 0 Å². The summed E-state index contributed by atoms with van der Waals surface area (Å²) < 4.78 is 34.4. The zero-order chi connectivity index (χ0) is 12.9. The molecule has 0 fully saturated rings. The van der Waals surface area contributed by atoms with Gasteiger partial charge in [0.25, 0.3) is 0 Å². The predicted octanol–water partition coefficient (Wildman–Crippen LogP) is 2.63. The molecule has 0 aliphatic rings. The van der Waals surface area contributed by atoms with Crippen LogP contribution < -0.4 is 4.90 Å². The molecule has 0 aromatic heterocycles. The Bertz CT molecular complexity index is 461. The van der Waals surface area contributed by atoms with Gasteiger partial charge >= 0.3 is 10.2 Å². The molecule has 0 saturated carbocycles. The minimum atomic E-state index is -4.68. The topological polar surface area (TPSA) is 37.4 Å². The van der Waals surface area contributed by atoms with Gasteiger partial charge in [-0.2, -0.15) is 8.42 Å². The Morgan fingerprint density at radius 1 is 1.18 bits per heavy atom. The van der Waals surface area contributed by atoms with Crippen LogP contribution >= 0.6 is 23.2 Å². The zero-order valence-electron chi connectivity index (χ0n) is 8.94. The summed E-state index contributed by atoms with van der Waals surface area (Å²) in [6, 6.07) is 5.65. The summed E-state index contributed by atoms with van der Waals surface area (Å²) in [5, 5.41) is 0. The van der Waals surface area contributed by atoms with E-state index in [-0.39, 0.29) is 4.90 Å². The third kappa shape index (κ3) is 4.33. The lowest BCUT2D eigenvalue weighted by Crippen LogP contribution is -2.27. The zero-order valence-corrected chi connectivity index (χ0v) is 11.3. The van der Waals surface area contributed by atoms with E-state index < -0.39 is 10.2 Å². The average molecular weight is 300 g/mol. The molecule has 0 bridgehead atoms. The number of nitrogens with zero attached hydrogens (tertiary/aromatic N) is 1. The van der Waals surface area contributed by atoms with Crippen molar-refractivity contribution in [3.05, 3.63) is 24.3 Å². The van der Waals surface area contributed by atoms with Crippen molar-refractivity contribution in [2.24, 2.45) is 0 Å². The summed E-state index contributed by atoms with van der Waals surface area (Å²) in [5.41, 5.74) is 0.588. The van der Waals surface area contributed by atoms with Crippen molar-refractivity contribution in [1.29, 1.82) is 0 Å². The summed E-state index contributed by atoms with van der Waals surface area (Å²) in [4.78, 5) is 1.44. The highest BCUT2D eigenvalue weighted by Gasteiger charge is 2.14. The third-order valence-corrected chi connectivity index (χ3v) is 3.33. The molecule has 17 heavy (non-hydrogen) atoms. The van der Waals surface area contributed by atoms with Crippen LogP contribution in [0.4, 0.5) is 9.57 Å². The van der Waals surface area contributed by atoms with Crippen molar-refractivity contribution in [1.82, 2.24) is 0 Å². The third-order valence-electron chi connectivity index (χ3n) is 2.17. The molecule has 0 heterocycles. The fourth-order valence-electron chi connectivity index (χ4n) is 1.41. The van der Waals surface area contributed by atoms with E-state index in [2.05, 4.69) is 0 Å². The molecule has 1 rings (SSSR count). The van der Waals surface area contributed by atoms with Gasteiger partial charge in [0.2, 0.25) is 0 Å². The van der Waals surface area contributed by atoms with Crippen LogP contribution in [0.5, 0.6) is 0 Å². The molecule has 1 aromatic carbocycles. The normalized spacial score (nSPS) is 11.5. The average Bonchev–Trinajstić information content (AvgIpc) is 2.28. The molecule has 96 valence electrons. The van der Waals surface area contributed by atoms with E-state index in [0.717, 1.165) is 0 Å². The molecule has 0 amide bonds.